The van der Waals surface area contributed by atoms with E-state index in [0.717, 1.165) is 34.2 Å². The van der Waals surface area contributed by atoms with Crippen molar-refractivity contribution in [1.82, 2.24) is 30.2 Å². The summed E-state index contributed by atoms with van der Waals surface area (Å²) in [7, 11) is 0. The number of carboxylic acid groups (broad SMARTS) is 2. The van der Waals surface area contributed by atoms with Gasteiger partial charge in [-0.1, -0.05) is 18.2 Å². The number of nitrogens with two attached hydrogens (primary N) is 1. The van der Waals surface area contributed by atoms with Crippen LogP contribution in [-0.2, 0) is 55.7 Å². The molecule has 6 rings (SSSR count). The Labute approximate surface area is 435 Å². The first-order chi connectivity index (χ1) is 35.7. The van der Waals surface area contributed by atoms with Crippen LogP contribution in [0.4, 0.5) is 22.7 Å². The lowest BCUT2D eigenvalue weighted by molar-refractivity contribution is -0.140. The number of hydrogen-bond acceptors (Lipinski definition) is 16. The van der Waals surface area contributed by atoms with Crippen LogP contribution < -0.4 is 21.7 Å². The molecule has 0 aromatic heterocycles. The van der Waals surface area contributed by atoms with Gasteiger partial charge in [-0.05, 0) is 91.8 Å². The van der Waals surface area contributed by atoms with Crippen molar-refractivity contribution in [3.63, 3.8) is 0 Å². The summed E-state index contributed by atoms with van der Waals surface area (Å²) in [5.74, 6) is -4.96. The highest BCUT2D eigenvalue weighted by Gasteiger charge is 2.27. The molecule has 0 radical (unpaired) electrons. The van der Waals surface area contributed by atoms with E-state index in [-0.39, 0.29) is 83.4 Å². The van der Waals surface area contributed by atoms with Gasteiger partial charge in [0.1, 0.15) is 11.7 Å². The number of carbonyl (C=O) groups is 7. The molecular weight excluding hydrogens is 1020 g/mol. The van der Waals surface area contributed by atoms with Gasteiger partial charge in [0.15, 0.2) is 27.9 Å². The second kappa shape index (κ2) is 26.2. The third-order valence-electron chi connectivity index (χ3n) is 12.5. The summed E-state index contributed by atoms with van der Waals surface area (Å²) in [5.41, 5.74) is 9.61. The van der Waals surface area contributed by atoms with Crippen molar-refractivity contribution in [2.75, 3.05) is 83.0 Å². The predicted molar refractivity (Wildman–Crippen MR) is 276 cm³/mol. The number of fused-ring (bicyclic) bond motifs is 1. The third-order valence-corrected chi connectivity index (χ3v) is 13.9. The summed E-state index contributed by atoms with van der Waals surface area (Å²) in [5, 5.41) is 47.0. The number of anilines is 2. The van der Waals surface area contributed by atoms with E-state index in [1.165, 1.54) is 12.1 Å². The number of imide groups is 1. The second-order valence-corrected chi connectivity index (χ2v) is 19.7. The van der Waals surface area contributed by atoms with Gasteiger partial charge >= 0.3 is 11.9 Å². The Morgan fingerprint density at radius 2 is 1.25 bits per heavy atom. The number of unbranched alkanes of at least 4 members (excludes halogenated alkanes) is 1. The van der Waals surface area contributed by atoms with Gasteiger partial charge in [-0.15, -0.1) is 5.11 Å². The highest BCUT2D eigenvalue weighted by Crippen LogP contribution is 2.43. The van der Waals surface area contributed by atoms with Gasteiger partial charge in [0.2, 0.25) is 17.7 Å². The maximum absolute atomic E-state index is 14.1. The first-order valence-electron chi connectivity index (χ1n) is 23.6. The fourth-order valence-electron chi connectivity index (χ4n) is 8.49. The highest BCUT2D eigenvalue weighted by molar-refractivity contribution is 7.80. The molecule has 3 atom stereocenters. The molecule has 400 valence electrons. The first-order valence-corrected chi connectivity index (χ1v) is 25.8. The quantitative estimate of drug-likeness (QED) is 0.0179. The van der Waals surface area contributed by atoms with Crippen molar-refractivity contribution in [2.24, 2.45) is 10.2 Å². The van der Waals surface area contributed by atoms with Gasteiger partial charge in [0, 0.05) is 82.0 Å². The number of phenolic OH excluding ortho intramolecular Hbond substituents is 1. The van der Waals surface area contributed by atoms with E-state index in [0.29, 0.717) is 74.6 Å². The van der Waals surface area contributed by atoms with Crippen molar-refractivity contribution in [3.8, 4) is 16.9 Å². The highest BCUT2D eigenvalue weighted by atomic mass is 32.2. The van der Waals surface area contributed by atoms with E-state index in [4.69, 9.17) is 5.73 Å². The molecule has 75 heavy (non-hydrogen) atoms. The molecule has 24 nitrogen and oxygen atoms in total. The topological polar surface area (TPSA) is 355 Å². The lowest BCUT2D eigenvalue weighted by atomic mass is 10.00. The van der Waals surface area contributed by atoms with Crippen LogP contribution in [0.25, 0.3) is 21.9 Å². The van der Waals surface area contributed by atoms with Crippen LogP contribution in [0.1, 0.15) is 36.8 Å². The van der Waals surface area contributed by atoms with E-state index in [9.17, 15) is 66.4 Å². The Balaban J connectivity index is 1.13. The molecule has 2 unspecified atom stereocenters. The fourth-order valence-corrected chi connectivity index (χ4v) is 9.65. The average Bonchev–Trinajstić information content (AvgIpc) is 3.71. The molecular formula is C49H58N10O14S2. The van der Waals surface area contributed by atoms with Crippen LogP contribution in [0.3, 0.4) is 0 Å². The minimum atomic E-state index is -2.63. The zero-order valence-corrected chi connectivity index (χ0v) is 42.7. The molecule has 0 saturated carbocycles. The standard InChI is InChI=1S/C49H58N10O14S2/c1-29-23-31(32-7-10-35(30(2)24-32)54-55-36-11-8-33-38(74(70)71)25-39(75(72)73)47(50)46(33)48(36)68)6-9-34(29)53-49(69)37(5-3-4-15-51-40(60)14-16-59-42(62)12-13-43(59)63)52-41(61)26-56-17-19-57(27-44(64)65)21-22-58(20-18-56)28-45(66)67/h6-13,23-25,37,68H,3-5,14-22,26-28,50H2,1-2H3,(H,51,60)(H,52,61)(H,53,69)(H,64,65)(H,66,67)(H,70,71)(H,72,73)/t37-/m1/s1. The van der Waals surface area contributed by atoms with Crippen LogP contribution in [0, 0.1) is 13.8 Å². The Morgan fingerprint density at radius 3 is 1.81 bits per heavy atom. The number of carboxylic acids is 2. The summed E-state index contributed by atoms with van der Waals surface area (Å²) >= 11 is -5.21. The first kappa shape index (κ1) is 57.0. The second-order valence-electron chi connectivity index (χ2n) is 17.9. The van der Waals surface area contributed by atoms with Gasteiger partial charge in [0.05, 0.1) is 46.2 Å². The zero-order valence-electron chi connectivity index (χ0n) is 41.0. The lowest BCUT2D eigenvalue weighted by Gasteiger charge is -2.26. The molecule has 0 spiro atoms. The molecule has 4 aromatic rings. The van der Waals surface area contributed by atoms with Gasteiger partial charge < -0.3 is 46.1 Å². The van der Waals surface area contributed by atoms with Crippen molar-refractivity contribution in [3.05, 3.63) is 77.9 Å². The van der Waals surface area contributed by atoms with Crippen LogP contribution in [0.5, 0.6) is 5.75 Å². The van der Waals surface area contributed by atoms with Crippen LogP contribution in [-0.4, -0.2) is 172 Å². The monoisotopic (exact) mass is 1070 g/mol. The normalized spacial score (nSPS) is 16.1. The molecule has 2 aliphatic heterocycles. The van der Waals surface area contributed by atoms with Crippen molar-refractivity contribution < 1.29 is 66.4 Å². The number of nitrogens with one attached hydrogen (secondary N) is 3. The number of nitrogens with zero attached hydrogens (tertiary/aromatic N) is 6. The maximum Gasteiger partial charge on any atom is 0.317 e. The van der Waals surface area contributed by atoms with Crippen LogP contribution in [0.2, 0.25) is 0 Å². The molecule has 0 aliphatic carbocycles. The number of aromatic hydroxyl groups is 1. The number of rotatable bonds is 22. The van der Waals surface area contributed by atoms with Crippen molar-refractivity contribution >= 4 is 97.2 Å². The molecule has 2 aliphatic rings. The summed E-state index contributed by atoms with van der Waals surface area (Å²) in [6, 6.07) is 13.5. The average molecular weight is 1080 g/mol. The maximum atomic E-state index is 14.1. The minimum absolute atomic E-state index is 0.0604. The molecule has 4 aromatic carbocycles. The number of aryl methyl sites for hydroxylation is 2. The van der Waals surface area contributed by atoms with Gasteiger partial charge in [-0.25, -0.2) is 8.42 Å². The summed E-state index contributed by atoms with van der Waals surface area (Å²) in [4.78, 5) is 92.6. The van der Waals surface area contributed by atoms with Gasteiger partial charge in [-0.3, -0.25) is 53.2 Å². The SMILES string of the molecule is Cc1cc(-c2ccc(NC(=O)[C@@H](CCCCNC(=O)CCN3C(=O)C=CC3=O)NC(=O)CN3CCN(CC(=O)O)CCN(CC(=O)O)CC3)c(C)c2)ccc1N=Nc1ccc2c(S(=O)O)cc(S(=O)O)c(N)c2c1O. The van der Waals surface area contributed by atoms with Crippen molar-refractivity contribution in [1.29, 1.82) is 0 Å². The number of amides is 5. The van der Waals surface area contributed by atoms with Crippen LogP contribution in [0.15, 0.2) is 86.8 Å². The minimum Gasteiger partial charge on any atom is -0.505 e. The predicted octanol–water partition coefficient (Wildman–Crippen LogP) is 3.10. The Bertz CT molecular complexity index is 2940. The van der Waals surface area contributed by atoms with E-state index in [2.05, 4.69) is 26.2 Å². The Morgan fingerprint density at radius 1 is 0.707 bits per heavy atom. The lowest BCUT2D eigenvalue weighted by Crippen LogP contribution is -2.49. The zero-order chi connectivity index (χ0) is 54.5. The number of nitrogen functional groups attached to an aromatic ring is 1. The van der Waals surface area contributed by atoms with E-state index < -0.39 is 69.5 Å². The number of aliphatic carboxylic acids is 2. The van der Waals surface area contributed by atoms with E-state index in [1.54, 1.807) is 52.8 Å². The van der Waals surface area contributed by atoms with Gasteiger partial charge in [-0.2, -0.15) is 5.11 Å². The molecule has 10 N–H and O–H groups in total. The molecule has 26 heteroatoms. The van der Waals surface area contributed by atoms with E-state index in [1.807, 2.05) is 12.1 Å². The fraction of sp³-hybridized carbons (Fsp3) is 0.367. The Kier molecular flexibility index (Phi) is 19.9. The van der Waals surface area contributed by atoms with Crippen molar-refractivity contribution in [2.45, 2.75) is 55.4 Å². The molecule has 1 saturated heterocycles. The number of phenols is 1. The number of azo groups is 1. The summed E-state index contributed by atoms with van der Waals surface area (Å²) in [6.07, 6.45) is 3.16. The van der Waals surface area contributed by atoms with E-state index >= 15 is 0 Å². The van der Waals surface area contributed by atoms with Crippen LogP contribution >= 0.6 is 0 Å². The van der Waals surface area contributed by atoms with Gasteiger partial charge in [0.25, 0.3) is 11.8 Å². The largest absolute Gasteiger partial charge is 0.505 e. The smallest absolute Gasteiger partial charge is 0.317 e. The molecule has 1 fully saturated rings. The summed E-state index contributed by atoms with van der Waals surface area (Å²) in [6.45, 7) is 4.89. The molecule has 2 heterocycles. The number of carbonyl (C=O) groups excluding carboxylic acids is 5. The molecule has 0 bridgehead atoms. The molecule has 5 amide bonds. The Hall–Kier alpha value is -7.33. The third kappa shape index (κ3) is 15.6. The number of benzene rings is 4. The summed E-state index contributed by atoms with van der Waals surface area (Å²) < 4.78 is 43.5. The number of hydrogen-bond donors (Lipinski definition) is 9.